The molecule has 0 unspecified atom stereocenters. The third-order valence-electron chi connectivity index (χ3n) is 12.7. The van der Waals surface area contributed by atoms with Crippen LogP contribution in [0.1, 0.15) is 90.5 Å². The lowest BCUT2D eigenvalue weighted by molar-refractivity contribution is -0.141. The molecule has 7 nitrogen and oxygen atoms in total. The molecule has 43 heavy (non-hydrogen) atoms. The van der Waals surface area contributed by atoms with Gasteiger partial charge in [-0.2, -0.15) is 0 Å². The van der Waals surface area contributed by atoms with Crippen LogP contribution >= 0.6 is 0 Å². The predicted molar refractivity (Wildman–Crippen MR) is 168 cm³/mol. The molecule has 1 heterocycles. The van der Waals surface area contributed by atoms with Gasteiger partial charge in [0.2, 0.25) is 5.91 Å². The van der Waals surface area contributed by atoms with Crippen LogP contribution in [0.4, 0.5) is 0 Å². The molecule has 234 valence electrons. The number of aromatic amines is 1. The SMILES string of the molecule is COc1ccc2[nH]cc(C[C@H](NC(=O)CC[C@@H](C)[C@H]3CC[C@H]4[C@@H]5CC=C6C[C@@H](O)CC[C@]6(C)[C@H]5CC[C@]34C)C(=O)O)c2c1. The lowest BCUT2D eigenvalue weighted by Crippen LogP contribution is -2.50. The number of carboxylic acid groups (broad SMARTS) is 1. The molecular weight excluding hydrogens is 540 g/mol. The number of aliphatic hydroxyl groups excluding tert-OH is 1. The largest absolute Gasteiger partial charge is 0.497 e. The van der Waals surface area contributed by atoms with Gasteiger partial charge >= 0.3 is 5.97 Å². The van der Waals surface area contributed by atoms with E-state index in [9.17, 15) is 19.8 Å². The average molecular weight is 591 g/mol. The van der Waals surface area contributed by atoms with E-state index in [-0.39, 0.29) is 23.8 Å². The Hall–Kier alpha value is -2.80. The van der Waals surface area contributed by atoms with Crippen LogP contribution in [0.15, 0.2) is 36.0 Å². The molecule has 3 saturated carbocycles. The number of H-pyrrole nitrogens is 1. The number of allylic oxidation sites excluding steroid dienone is 1. The topological polar surface area (TPSA) is 112 Å². The summed E-state index contributed by atoms with van der Waals surface area (Å²) in [4.78, 5) is 28.4. The van der Waals surface area contributed by atoms with Crippen molar-refractivity contribution in [1.29, 1.82) is 0 Å². The van der Waals surface area contributed by atoms with Gasteiger partial charge in [0.25, 0.3) is 0 Å². The van der Waals surface area contributed by atoms with Gasteiger partial charge in [0.1, 0.15) is 11.8 Å². The first-order valence-electron chi connectivity index (χ1n) is 16.6. The summed E-state index contributed by atoms with van der Waals surface area (Å²) in [6.07, 6.45) is 14.6. The Morgan fingerprint density at radius 3 is 2.72 bits per heavy atom. The van der Waals surface area contributed by atoms with E-state index >= 15 is 0 Å². The minimum atomic E-state index is -1.02. The minimum absolute atomic E-state index is 0.165. The monoisotopic (exact) mass is 590 g/mol. The molecule has 4 aliphatic rings. The number of ether oxygens (including phenoxy) is 1. The number of aromatic nitrogens is 1. The molecule has 0 spiro atoms. The van der Waals surface area contributed by atoms with Crippen LogP contribution in [0.5, 0.6) is 5.75 Å². The van der Waals surface area contributed by atoms with Gasteiger partial charge in [-0.05, 0) is 122 Å². The number of carboxylic acids is 1. The van der Waals surface area contributed by atoms with Gasteiger partial charge < -0.3 is 25.3 Å². The molecule has 6 rings (SSSR count). The lowest BCUT2D eigenvalue weighted by Gasteiger charge is -2.58. The van der Waals surface area contributed by atoms with Crippen molar-refractivity contribution >= 4 is 22.8 Å². The quantitative estimate of drug-likeness (QED) is 0.245. The second-order valence-corrected chi connectivity index (χ2v) is 14.8. The van der Waals surface area contributed by atoms with Crippen molar-refractivity contribution in [2.45, 2.75) is 104 Å². The molecule has 2 aromatic rings. The van der Waals surface area contributed by atoms with Gasteiger partial charge in [-0.25, -0.2) is 4.79 Å². The van der Waals surface area contributed by atoms with Crippen LogP contribution in [0, 0.1) is 40.4 Å². The standard InChI is InChI=1S/C36H50N2O5/c1-21(5-12-33(40)38-32(34(41)42)17-22-20-37-31-11-7-25(43-4)19-27(22)31)28-9-10-29-26-8-6-23-18-24(39)13-15-35(23,2)30(26)14-16-36(28,29)3/h6-7,11,19-21,24,26,28-30,32,37,39H,5,8-10,12-18H2,1-4H3,(H,38,40)(H,41,42)/t21-,24+,26+,28-,29+,30+,32+,35+,36-/m1/s1. The summed E-state index contributed by atoms with van der Waals surface area (Å²) in [5.74, 6) is 2.69. The first kappa shape index (κ1) is 30.2. The Balaban J connectivity index is 1.07. The first-order chi connectivity index (χ1) is 20.5. The number of amides is 1. The molecule has 1 aromatic heterocycles. The third kappa shape index (κ3) is 5.40. The molecular formula is C36H50N2O5. The molecule has 9 atom stereocenters. The first-order valence-corrected chi connectivity index (χ1v) is 16.6. The van der Waals surface area contributed by atoms with Crippen molar-refractivity contribution in [2.75, 3.05) is 7.11 Å². The normalized spacial score (nSPS) is 34.8. The zero-order chi connectivity index (χ0) is 30.5. The zero-order valence-corrected chi connectivity index (χ0v) is 26.3. The van der Waals surface area contributed by atoms with Crippen molar-refractivity contribution in [3.05, 3.63) is 41.6 Å². The average Bonchev–Trinajstić information content (AvgIpc) is 3.55. The second-order valence-electron chi connectivity index (χ2n) is 14.8. The van der Waals surface area contributed by atoms with Crippen LogP contribution in [-0.4, -0.2) is 46.3 Å². The number of aliphatic carboxylic acids is 1. The molecule has 7 heteroatoms. The molecule has 1 aromatic carbocycles. The Morgan fingerprint density at radius 1 is 1.14 bits per heavy atom. The number of carbonyl (C=O) groups is 2. The number of hydrogen-bond acceptors (Lipinski definition) is 4. The number of carbonyl (C=O) groups excluding carboxylic acids is 1. The third-order valence-corrected chi connectivity index (χ3v) is 12.7. The number of rotatable bonds is 9. The van der Waals surface area contributed by atoms with E-state index in [0.29, 0.717) is 29.4 Å². The molecule has 4 aliphatic carbocycles. The van der Waals surface area contributed by atoms with E-state index in [2.05, 4.69) is 37.1 Å². The van der Waals surface area contributed by atoms with Crippen molar-refractivity contribution in [3.8, 4) is 5.75 Å². The van der Waals surface area contributed by atoms with E-state index < -0.39 is 12.0 Å². The number of nitrogens with one attached hydrogen (secondary N) is 2. The van der Waals surface area contributed by atoms with Crippen molar-refractivity contribution in [1.82, 2.24) is 10.3 Å². The molecule has 1 amide bonds. The highest BCUT2D eigenvalue weighted by Crippen LogP contribution is 2.67. The highest BCUT2D eigenvalue weighted by Gasteiger charge is 2.59. The summed E-state index contributed by atoms with van der Waals surface area (Å²) in [7, 11) is 1.61. The summed E-state index contributed by atoms with van der Waals surface area (Å²) in [6.45, 7) is 7.33. The summed E-state index contributed by atoms with van der Waals surface area (Å²) in [5, 5.41) is 24.0. The molecule has 0 bridgehead atoms. The zero-order valence-electron chi connectivity index (χ0n) is 26.3. The number of methoxy groups -OCH3 is 1. The van der Waals surface area contributed by atoms with Gasteiger partial charge in [0.15, 0.2) is 0 Å². The van der Waals surface area contributed by atoms with Gasteiger partial charge in [-0.15, -0.1) is 0 Å². The second kappa shape index (κ2) is 11.6. The fourth-order valence-corrected chi connectivity index (χ4v) is 10.3. The molecule has 4 N–H and O–H groups in total. The Morgan fingerprint density at radius 2 is 1.95 bits per heavy atom. The Bertz CT molecular complexity index is 1400. The van der Waals surface area contributed by atoms with Crippen molar-refractivity contribution in [2.24, 2.45) is 40.4 Å². The summed E-state index contributed by atoms with van der Waals surface area (Å²) in [6, 6.07) is 4.69. The van der Waals surface area contributed by atoms with Gasteiger partial charge in [0, 0.05) is 29.9 Å². The Kier molecular flexibility index (Phi) is 8.16. The smallest absolute Gasteiger partial charge is 0.326 e. The highest BCUT2D eigenvalue weighted by atomic mass is 16.5. The number of hydrogen-bond donors (Lipinski definition) is 4. The minimum Gasteiger partial charge on any atom is -0.497 e. The van der Waals surface area contributed by atoms with E-state index in [0.717, 1.165) is 66.3 Å². The van der Waals surface area contributed by atoms with E-state index in [1.807, 2.05) is 24.4 Å². The molecule has 0 aliphatic heterocycles. The summed E-state index contributed by atoms with van der Waals surface area (Å²) < 4.78 is 5.34. The predicted octanol–water partition coefficient (Wildman–Crippen LogP) is 6.64. The van der Waals surface area contributed by atoms with Gasteiger partial charge in [-0.3, -0.25) is 4.79 Å². The van der Waals surface area contributed by atoms with E-state index in [4.69, 9.17) is 4.74 Å². The summed E-state index contributed by atoms with van der Waals surface area (Å²) in [5.41, 5.74) is 3.83. The maximum atomic E-state index is 13.1. The van der Waals surface area contributed by atoms with Crippen LogP contribution in [0.25, 0.3) is 10.9 Å². The lowest BCUT2D eigenvalue weighted by atomic mass is 9.47. The number of benzene rings is 1. The fourth-order valence-electron chi connectivity index (χ4n) is 10.3. The summed E-state index contributed by atoms with van der Waals surface area (Å²) >= 11 is 0. The van der Waals surface area contributed by atoms with Crippen LogP contribution in [-0.2, 0) is 16.0 Å². The van der Waals surface area contributed by atoms with Crippen molar-refractivity contribution < 1.29 is 24.5 Å². The van der Waals surface area contributed by atoms with Gasteiger partial charge in [-0.1, -0.05) is 32.4 Å². The van der Waals surface area contributed by atoms with Crippen LogP contribution < -0.4 is 10.1 Å². The van der Waals surface area contributed by atoms with Crippen LogP contribution in [0.2, 0.25) is 0 Å². The van der Waals surface area contributed by atoms with Crippen molar-refractivity contribution in [3.63, 3.8) is 0 Å². The van der Waals surface area contributed by atoms with Crippen LogP contribution in [0.3, 0.4) is 0 Å². The Labute approximate surface area is 255 Å². The number of aliphatic hydroxyl groups is 1. The fraction of sp³-hybridized carbons (Fsp3) is 0.667. The number of fused-ring (bicyclic) bond motifs is 6. The molecule has 0 radical (unpaired) electrons. The van der Waals surface area contributed by atoms with E-state index in [1.54, 1.807) is 7.11 Å². The molecule has 3 fully saturated rings. The maximum absolute atomic E-state index is 13.1. The maximum Gasteiger partial charge on any atom is 0.326 e. The highest BCUT2D eigenvalue weighted by molar-refractivity contribution is 5.87. The van der Waals surface area contributed by atoms with Gasteiger partial charge in [0.05, 0.1) is 13.2 Å². The molecule has 0 saturated heterocycles. The van der Waals surface area contributed by atoms with E-state index in [1.165, 1.54) is 31.3 Å².